The van der Waals surface area contributed by atoms with Crippen LogP contribution in [0.25, 0.3) is 0 Å². The quantitative estimate of drug-likeness (QED) is 0.779. The van der Waals surface area contributed by atoms with E-state index in [1.807, 2.05) is 6.07 Å². The lowest BCUT2D eigenvalue weighted by Crippen LogP contribution is -2.19. The van der Waals surface area contributed by atoms with E-state index < -0.39 is 0 Å². The van der Waals surface area contributed by atoms with E-state index in [2.05, 4.69) is 25.1 Å². The lowest BCUT2D eigenvalue weighted by Gasteiger charge is -2.15. The maximum absolute atomic E-state index is 6.07. The van der Waals surface area contributed by atoms with E-state index in [9.17, 15) is 0 Å². The first-order valence-corrected chi connectivity index (χ1v) is 6.59. The second kappa shape index (κ2) is 7.93. The van der Waals surface area contributed by atoms with Crippen molar-refractivity contribution >= 4 is 11.6 Å². The van der Waals surface area contributed by atoms with Crippen LogP contribution in [0.15, 0.2) is 12.1 Å². The van der Waals surface area contributed by atoms with Crippen molar-refractivity contribution in [2.24, 2.45) is 5.92 Å². The molecule has 1 aromatic carbocycles. The van der Waals surface area contributed by atoms with Crippen molar-refractivity contribution in [3.8, 4) is 23.8 Å². The van der Waals surface area contributed by atoms with Crippen molar-refractivity contribution in [1.29, 1.82) is 0 Å². The molecule has 19 heavy (non-hydrogen) atoms. The number of benzene rings is 1. The van der Waals surface area contributed by atoms with Crippen LogP contribution >= 0.6 is 11.6 Å². The fraction of sp³-hybridized carbons (Fsp3) is 0.467. The fourth-order valence-corrected chi connectivity index (χ4v) is 1.91. The van der Waals surface area contributed by atoms with Crippen LogP contribution in [0.3, 0.4) is 0 Å². The molecule has 0 bridgehead atoms. The summed E-state index contributed by atoms with van der Waals surface area (Å²) in [5.41, 5.74) is 0.945. The molecule has 0 unspecified atom stereocenters. The van der Waals surface area contributed by atoms with Gasteiger partial charge in [0.2, 0.25) is 0 Å². The van der Waals surface area contributed by atoms with Crippen LogP contribution in [0.1, 0.15) is 19.4 Å². The lowest BCUT2D eigenvalue weighted by atomic mass is 10.1. The zero-order valence-electron chi connectivity index (χ0n) is 11.6. The highest BCUT2D eigenvalue weighted by molar-refractivity contribution is 6.30. The molecule has 0 spiro atoms. The van der Waals surface area contributed by atoms with Crippen molar-refractivity contribution < 1.29 is 9.47 Å². The number of ether oxygens (including phenoxy) is 2. The molecule has 0 aromatic heterocycles. The zero-order valence-corrected chi connectivity index (χ0v) is 12.4. The highest BCUT2D eigenvalue weighted by Gasteiger charge is 2.12. The third-order valence-electron chi connectivity index (χ3n) is 2.48. The van der Waals surface area contributed by atoms with E-state index in [-0.39, 0.29) is 6.61 Å². The number of methoxy groups -OCH3 is 1. The van der Waals surface area contributed by atoms with Gasteiger partial charge < -0.3 is 14.8 Å². The summed E-state index contributed by atoms with van der Waals surface area (Å²) in [7, 11) is 1.58. The van der Waals surface area contributed by atoms with Gasteiger partial charge in [0.25, 0.3) is 0 Å². The van der Waals surface area contributed by atoms with Crippen LogP contribution in [-0.4, -0.2) is 20.3 Å². The molecule has 1 N–H and O–H groups in total. The summed E-state index contributed by atoms with van der Waals surface area (Å²) in [6.07, 6.45) is 5.23. The smallest absolute Gasteiger partial charge is 0.167 e. The standard InChI is InChI=1S/C15H20ClNO2/c1-5-6-19-15-12(10-17-9-11(2)3)7-13(16)8-14(15)18-4/h1,7-8,11,17H,6,9-10H2,2-4H3. The minimum absolute atomic E-state index is 0.204. The van der Waals surface area contributed by atoms with Crippen LogP contribution in [0, 0.1) is 18.3 Å². The molecule has 0 heterocycles. The Balaban J connectivity index is 2.91. The summed E-state index contributed by atoms with van der Waals surface area (Å²) in [5.74, 6) is 4.29. The van der Waals surface area contributed by atoms with Crippen molar-refractivity contribution in [3.05, 3.63) is 22.7 Å². The minimum Gasteiger partial charge on any atom is -0.493 e. The van der Waals surface area contributed by atoms with Gasteiger partial charge in [-0.2, -0.15) is 0 Å². The van der Waals surface area contributed by atoms with E-state index in [0.29, 0.717) is 29.0 Å². The first kappa shape index (κ1) is 15.7. The van der Waals surface area contributed by atoms with E-state index in [1.165, 1.54) is 0 Å². The molecule has 0 aliphatic rings. The molecule has 1 aromatic rings. The van der Waals surface area contributed by atoms with Gasteiger partial charge in [-0.1, -0.05) is 31.4 Å². The predicted octanol–water partition coefficient (Wildman–Crippen LogP) is 3.11. The highest BCUT2D eigenvalue weighted by Crippen LogP contribution is 2.34. The zero-order chi connectivity index (χ0) is 14.3. The molecule has 104 valence electrons. The average molecular weight is 282 g/mol. The molecule has 0 atom stereocenters. The Morgan fingerprint density at radius 3 is 2.74 bits per heavy atom. The number of nitrogens with one attached hydrogen (secondary N) is 1. The summed E-state index contributed by atoms with van der Waals surface area (Å²) in [6.45, 7) is 6.09. The number of hydrogen-bond acceptors (Lipinski definition) is 3. The average Bonchev–Trinajstić information content (AvgIpc) is 2.36. The Morgan fingerprint density at radius 1 is 1.42 bits per heavy atom. The van der Waals surface area contributed by atoms with Crippen LogP contribution in [0.5, 0.6) is 11.5 Å². The summed E-state index contributed by atoms with van der Waals surface area (Å²) in [6, 6.07) is 3.59. The first-order chi connectivity index (χ1) is 9.08. The predicted molar refractivity (Wildman–Crippen MR) is 78.9 cm³/mol. The largest absolute Gasteiger partial charge is 0.493 e. The molecule has 0 saturated carbocycles. The summed E-state index contributed by atoms with van der Waals surface area (Å²) in [4.78, 5) is 0. The molecule has 1 rings (SSSR count). The molecular weight excluding hydrogens is 262 g/mol. The summed E-state index contributed by atoms with van der Waals surface area (Å²) in [5, 5.41) is 3.97. The SMILES string of the molecule is C#CCOc1c(CNCC(C)C)cc(Cl)cc1OC. The molecule has 0 aliphatic heterocycles. The Kier molecular flexibility index (Phi) is 6.55. The third-order valence-corrected chi connectivity index (χ3v) is 2.70. The Morgan fingerprint density at radius 2 is 2.16 bits per heavy atom. The fourth-order valence-electron chi connectivity index (χ4n) is 1.68. The van der Waals surface area contributed by atoms with Gasteiger partial charge in [-0.15, -0.1) is 6.42 Å². The van der Waals surface area contributed by atoms with E-state index in [0.717, 1.165) is 12.1 Å². The van der Waals surface area contributed by atoms with Gasteiger partial charge in [0.05, 0.1) is 7.11 Å². The van der Waals surface area contributed by atoms with Gasteiger partial charge in [-0.3, -0.25) is 0 Å². The Bertz CT molecular complexity index is 452. The Hall–Kier alpha value is -1.37. The van der Waals surface area contributed by atoms with Gasteiger partial charge in [0, 0.05) is 23.2 Å². The van der Waals surface area contributed by atoms with E-state index in [4.69, 9.17) is 27.5 Å². The maximum atomic E-state index is 6.07. The molecule has 0 amide bonds. The van der Waals surface area contributed by atoms with Gasteiger partial charge in [0.1, 0.15) is 6.61 Å². The van der Waals surface area contributed by atoms with Gasteiger partial charge >= 0.3 is 0 Å². The number of rotatable bonds is 7. The third kappa shape index (κ3) is 5.02. The Labute approximate surface area is 120 Å². The van der Waals surface area contributed by atoms with Crippen LogP contribution in [0.4, 0.5) is 0 Å². The molecule has 0 radical (unpaired) electrons. The second-order valence-corrected chi connectivity index (χ2v) is 5.05. The van der Waals surface area contributed by atoms with Crippen molar-refractivity contribution in [2.75, 3.05) is 20.3 Å². The van der Waals surface area contributed by atoms with Crippen molar-refractivity contribution in [1.82, 2.24) is 5.32 Å². The van der Waals surface area contributed by atoms with Gasteiger partial charge in [-0.25, -0.2) is 0 Å². The maximum Gasteiger partial charge on any atom is 0.167 e. The first-order valence-electron chi connectivity index (χ1n) is 6.21. The number of terminal acetylenes is 1. The number of hydrogen-bond donors (Lipinski definition) is 1. The summed E-state index contributed by atoms with van der Waals surface area (Å²) >= 11 is 6.07. The second-order valence-electron chi connectivity index (χ2n) is 4.61. The van der Waals surface area contributed by atoms with E-state index >= 15 is 0 Å². The molecule has 0 fully saturated rings. The van der Waals surface area contributed by atoms with E-state index in [1.54, 1.807) is 13.2 Å². The minimum atomic E-state index is 0.204. The normalized spacial score (nSPS) is 10.3. The van der Waals surface area contributed by atoms with Crippen molar-refractivity contribution in [2.45, 2.75) is 20.4 Å². The molecule has 4 heteroatoms. The lowest BCUT2D eigenvalue weighted by molar-refractivity contribution is 0.326. The van der Waals surface area contributed by atoms with Crippen LogP contribution in [-0.2, 0) is 6.54 Å². The molecule has 0 saturated heterocycles. The van der Waals surface area contributed by atoms with Crippen LogP contribution in [0.2, 0.25) is 5.02 Å². The van der Waals surface area contributed by atoms with Gasteiger partial charge in [-0.05, 0) is 18.5 Å². The molecule has 0 aliphatic carbocycles. The van der Waals surface area contributed by atoms with Gasteiger partial charge in [0.15, 0.2) is 11.5 Å². The van der Waals surface area contributed by atoms with Crippen LogP contribution < -0.4 is 14.8 Å². The topological polar surface area (TPSA) is 30.5 Å². The molecular formula is C15H20ClNO2. The summed E-state index contributed by atoms with van der Waals surface area (Å²) < 4.78 is 10.8. The monoisotopic (exact) mass is 281 g/mol. The van der Waals surface area contributed by atoms with Crippen molar-refractivity contribution in [3.63, 3.8) is 0 Å². The highest BCUT2D eigenvalue weighted by atomic mass is 35.5. The number of halogens is 1. The molecule has 3 nitrogen and oxygen atoms in total.